The van der Waals surface area contributed by atoms with Gasteiger partial charge >= 0.3 is 0 Å². The molecular weight excluding hydrogens is 318 g/mol. The third-order valence-electron chi connectivity index (χ3n) is 4.77. The summed E-state index contributed by atoms with van der Waals surface area (Å²) in [6.07, 6.45) is 0. The molecule has 0 unspecified atom stereocenters. The first-order chi connectivity index (χ1) is 11.6. The molecule has 1 aromatic carbocycles. The molecule has 24 heavy (non-hydrogen) atoms. The van der Waals surface area contributed by atoms with Gasteiger partial charge in [0.2, 0.25) is 0 Å². The second-order valence-electron chi connectivity index (χ2n) is 6.68. The lowest BCUT2D eigenvalue weighted by molar-refractivity contribution is 0.247. The zero-order chi connectivity index (χ0) is 16.7. The number of piperazine rings is 1. The van der Waals surface area contributed by atoms with E-state index in [1.165, 1.54) is 20.9 Å². The van der Waals surface area contributed by atoms with Crippen molar-refractivity contribution in [3.8, 4) is 0 Å². The second kappa shape index (κ2) is 6.22. The molecule has 5 heteroatoms. The monoisotopic (exact) mass is 341 g/mol. The van der Waals surface area contributed by atoms with E-state index in [-0.39, 0.29) is 0 Å². The predicted molar refractivity (Wildman–Crippen MR) is 100 cm³/mol. The molecule has 1 aliphatic rings. The number of aryl methyl sites for hydroxylation is 3. The molecular formula is C19H23N3OS. The van der Waals surface area contributed by atoms with Gasteiger partial charge in [-0.1, -0.05) is 6.07 Å². The minimum Gasteiger partial charge on any atom is -0.423 e. The summed E-state index contributed by atoms with van der Waals surface area (Å²) in [7, 11) is 0. The Labute approximate surface area is 146 Å². The summed E-state index contributed by atoms with van der Waals surface area (Å²) >= 11 is 1.92. The van der Waals surface area contributed by atoms with Crippen molar-refractivity contribution < 1.29 is 4.42 Å². The van der Waals surface area contributed by atoms with Crippen molar-refractivity contribution in [2.75, 3.05) is 31.1 Å². The van der Waals surface area contributed by atoms with E-state index >= 15 is 0 Å². The number of oxazole rings is 1. The molecule has 0 bridgehead atoms. The zero-order valence-corrected chi connectivity index (χ0v) is 15.3. The number of aromatic nitrogens is 1. The van der Waals surface area contributed by atoms with E-state index in [0.29, 0.717) is 0 Å². The van der Waals surface area contributed by atoms with Crippen LogP contribution >= 0.6 is 11.3 Å². The van der Waals surface area contributed by atoms with Gasteiger partial charge in [-0.2, -0.15) is 4.98 Å². The van der Waals surface area contributed by atoms with Crippen molar-refractivity contribution >= 4 is 28.5 Å². The molecule has 0 radical (unpaired) electrons. The largest absolute Gasteiger partial charge is 0.423 e. The minimum atomic E-state index is 0.762. The zero-order valence-electron chi connectivity index (χ0n) is 14.5. The van der Waals surface area contributed by atoms with E-state index < -0.39 is 0 Å². The van der Waals surface area contributed by atoms with Crippen LogP contribution in [0.4, 0.5) is 6.01 Å². The molecule has 4 rings (SSSR count). The van der Waals surface area contributed by atoms with E-state index in [4.69, 9.17) is 4.42 Å². The number of nitrogens with zero attached hydrogens (tertiary/aromatic N) is 3. The van der Waals surface area contributed by atoms with E-state index in [9.17, 15) is 0 Å². The van der Waals surface area contributed by atoms with Crippen LogP contribution in [0.25, 0.3) is 11.1 Å². The average Bonchev–Trinajstić information content (AvgIpc) is 3.11. The number of rotatable bonds is 3. The van der Waals surface area contributed by atoms with Crippen LogP contribution in [0, 0.1) is 20.8 Å². The molecule has 3 aromatic rings. The number of hydrogen-bond acceptors (Lipinski definition) is 5. The highest BCUT2D eigenvalue weighted by atomic mass is 32.1. The van der Waals surface area contributed by atoms with E-state index in [0.717, 1.165) is 49.8 Å². The first-order valence-corrected chi connectivity index (χ1v) is 9.30. The van der Waals surface area contributed by atoms with Crippen molar-refractivity contribution in [2.24, 2.45) is 0 Å². The lowest BCUT2D eigenvalue weighted by Gasteiger charge is -2.33. The summed E-state index contributed by atoms with van der Waals surface area (Å²) in [5.41, 5.74) is 4.46. The molecule has 0 saturated carbocycles. The summed E-state index contributed by atoms with van der Waals surface area (Å²) < 4.78 is 5.93. The van der Waals surface area contributed by atoms with Crippen LogP contribution in [0.5, 0.6) is 0 Å². The van der Waals surface area contributed by atoms with Crippen LogP contribution in [0.15, 0.2) is 28.7 Å². The average molecular weight is 341 g/mol. The van der Waals surface area contributed by atoms with Crippen LogP contribution < -0.4 is 4.90 Å². The Kier molecular flexibility index (Phi) is 4.06. The summed E-state index contributed by atoms with van der Waals surface area (Å²) in [5, 5.41) is 0. The van der Waals surface area contributed by atoms with Gasteiger partial charge in [-0.05, 0) is 50.1 Å². The maximum Gasteiger partial charge on any atom is 0.298 e. The molecule has 0 atom stereocenters. The van der Waals surface area contributed by atoms with Gasteiger partial charge in [0.25, 0.3) is 6.01 Å². The van der Waals surface area contributed by atoms with Gasteiger partial charge in [0.05, 0.1) is 0 Å². The topological polar surface area (TPSA) is 32.5 Å². The summed E-state index contributed by atoms with van der Waals surface area (Å²) in [6.45, 7) is 11.6. The number of fused-ring (bicyclic) bond motifs is 1. The molecule has 1 saturated heterocycles. The molecule has 4 nitrogen and oxygen atoms in total. The van der Waals surface area contributed by atoms with Gasteiger partial charge in [-0.25, -0.2) is 0 Å². The number of thiophene rings is 1. The number of hydrogen-bond donors (Lipinski definition) is 0. The highest BCUT2D eigenvalue weighted by Crippen LogP contribution is 2.25. The van der Waals surface area contributed by atoms with Crippen LogP contribution in [0.3, 0.4) is 0 Å². The highest BCUT2D eigenvalue weighted by molar-refractivity contribution is 7.12. The first-order valence-electron chi connectivity index (χ1n) is 8.49. The standard InChI is InChI=1S/C19H23N3OS/c1-13-4-5-18-17(10-13)20-19(23-18)22-8-6-21(7-9-22)12-16-11-14(2)15(3)24-16/h4-5,10-11H,6-9,12H2,1-3H3. The van der Waals surface area contributed by atoms with Gasteiger partial charge in [0, 0.05) is 42.5 Å². The highest BCUT2D eigenvalue weighted by Gasteiger charge is 2.21. The van der Waals surface area contributed by atoms with Crippen LogP contribution in [-0.4, -0.2) is 36.1 Å². The molecule has 0 N–H and O–H groups in total. The normalized spacial score (nSPS) is 16.2. The van der Waals surface area contributed by atoms with Gasteiger partial charge in [-0.3, -0.25) is 4.90 Å². The lowest BCUT2D eigenvalue weighted by Crippen LogP contribution is -2.46. The second-order valence-corrected chi connectivity index (χ2v) is 8.02. The van der Waals surface area contributed by atoms with Crippen LogP contribution in [-0.2, 0) is 6.54 Å². The molecule has 2 aromatic heterocycles. The number of anilines is 1. The quantitative estimate of drug-likeness (QED) is 0.717. The van der Waals surface area contributed by atoms with Gasteiger partial charge in [0.1, 0.15) is 5.52 Å². The molecule has 0 aliphatic carbocycles. The van der Waals surface area contributed by atoms with Crippen LogP contribution in [0.2, 0.25) is 0 Å². The predicted octanol–water partition coefficient (Wildman–Crippen LogP) is 4.14. The molecule has 0 amide bonds. The minimum absolute atomic E-state index is 0.762. The van der Waals surface area contributed by atoms with Crippen molar-refractivity contribution in [2.45, 2.75) is 27.3 Å². The molecule has 3 heterocycles. The van der Waals surface area contributed by atoms with E-state index in [2.05, 4.69) is 53.8 Å². The third kappa shape index (κ3) is 3.06. The molecule has 1 fully saturated rings. The fraction of sp³-hybridized carbons (Fsp3) is 0.421. The Bertz CT molecular complexity index is 839. The van der Waals surface area contributed by atoms with E-state index in [1.807, 2.05) is 17.4 Å². The summed E-state index contributed by atoms with van der Waals surface area (Å²) in [5.74, 6) is 0. The van der Waals surface area contributed by atoms with Crippen molar-refractivity contribution in [3.63, 3.8) is 0 Å². The van der Waals surface area contributed by atoms with Gasteiger partial charge in [-0.15, -0.1) is 11.3 Å². The van der Waals surface area contributed by atoms with Crippen molar-refractivity contribution in [3.05, 3.63) is 45.1 Å². The summed E-state index contributed by atoms with van der Waals surface area (Å²) in [4.78, 5) is 12.4. The summed E-state index contributed by atoms with van der Waals surface area (Å²) in [6, 6.07) is 9.26. The number of benzene rings is 1. The fourth-order valence-electron chi connectivity index (χ4n) is 3.21. The third-order valence-corrected chi connectivity index (χ3v) is 5.91. The Hall–Kier alpha value is -1.85. The SMILES string of the molecule is Cc1ccc2oc(N3CCN(Cc4cc(C)c(C)s4)CC3)nc2c1. The Morgan fingerprint density at radius 2 is 1.88 bits per heavy atom. The van der Waals surface area contributed by atoms with E-state index in [1.54, 1.807) is 0 Å². The van der Waals surface area contributed by atoms with Crippen LogP contribution in [0.1, 0.15) is 20.9 Å². The van der Waals surface area contributed by atoms with Crippen molar-refractivity contribution in [1.29, 1.82) is 0 Å². The maximum absolute atomic E-state index is 5.93. The Morgan fingerprint density at radius 3 is 2.58 bits per heavy atom. The maximum atomic E-state index is 5.93. The lowest BCUT2D eigenvalue weighted by atomic mass is 10.2. The molecule has 0 spiro atoms. The van der Waals surface area contributed by atoms with Crippen molar-refractivity contribution in [1.82, 2.24) is 9.88 Å². The molecule has 1 aliphatic heterocycles. The fourth-order valence-corrected chi connectivity index (χ4v) is 4.30. The smallest absolute Gasteiger partial charge is 0.298 e. The Morgan fingerprint density at radius 1 is 1.08 bits per heavy atom. The molecule has 126 valence electrons. The van der Waals surface area contributed by atoms with Gasteiger partial charge in [0.15, 0.2) is 5.58 Å². The Balaban J connectivity index is 1.41. The van der Waals surface area contributed by atoms with Gasteiger partial charge < -0.3 is 9.32 Å². The first kappa shape index (κ1) is 15.7.